The van der Waals surface area contributed by atoms with Crippen molar-refractivity contribution in [2.75, 3.05) is 0 Å². The van der Waals surface area contributed by atoms with Crippen LogP contribution < -0.4 is 4.74 Å². The molecule has 2 aromatic carbocycles. The molecule has 0 aliphatic carbocycles. The molecular formula is C14H12ClFO2. The highest BCUT2D eigenvalue weighted by Crippen LogP contribution is 2.31. The molecular weight excluding hydrogens is 255 g/mol. The van der Waals surface area contributed by atoms with Crippen molar-refractivity contribution >= 4 is 11.6 Å². The first-order valence-electron chi connectivity index (χ1n) is 5.47. The molecule has 1 atom stereocenters. The van der Waals surface area contributed by atoms with Crippen LogP contribution in [0.4, 0.5) is 4.39 Å². The minimum atomic E-state index is -0.592. The molecule has 18 heavy (non-hydrogen) atoms. The van der Waals surface area contributed by atoms with Gasteiger partial charge in [-0.15, -0.1) is 0 Å². The Hall–Kier alpha value is -1.58. The van der Waals surface area contributed by atoms with E-state index in [0.717, 1.165) is 0 Å². The van der Waals surface area contributed by atoms with Gasteiger partial charge in [0.15, 0.2) is 0 Å². The second-order valence-electron chi connectivity index (χ2n) is 3.93. The highest BCUT2D eigenvalue weighted by Gasteiger charge is 2.07. The molecule has 2 rings (SSSR count). The van der Waals surface area contributed by atoms with Gasteiger partial charge in [-0.05, 0) is 36.8 Å². The van der Waals surface area contributed by atoms with E-state index in [0.29, 0.717) is 22.1 Å². The molecule has 4 heteroatoms. The lowest BCUT2D eigenvalue weighted by atomic mass is 10.1. The van der Waals surface area contributed by atoms with Gasteiger partial charge in [-0.3, -0.25) is 0 Å². The summed E-state index contributed by atoms with van der Waals surface area (Å²) in [5.74, 6) is 0.428. The summed E-state index contributed by atoms with van der Waals surface area (Å²) < 4.78 is 18.5. The summed E-state index contributed by atoms with van der Waals surface area (Å²) in [5.41, 5.74) is 0.701. The molecule has 2 aromatic rings. The second-order valence-corrected chi connectivity index (χ2v) is 4.33. The van der Waals surface area contributed by atoms with Crippen LogP contribution in [0.3, 0.4) is 0 Å². The average Bonchev–Trinajstić information content (AvgIpc) is 2.31. The molecule has 1 N–H and O–H groups in total. The molecule has 1 unspecified atom stereocenters. The van der Waals surface area contributed by atoms with Gasteiger partial charge in [0.2, 0.25) is 0 Å². The summed E-state index contributed by atoms with van der Waals surface area (Å²) >= 11 is 6.03. The van der Waals surface area contributed by atoms with Crippen molar-refractivity contribution in [3.63, 3.8) is 0 Å². The normalized spacial score (nSPS) is 12.2. The van der Waals surface area contributed by atoms with Crippen LogP contribution in [-0.4, -0.2) is 5.11 Å². The van der Waals surface area contributed by atoms with Crippen molar-refractivity contribution < 1.29 is 14.2 Å². The van der Waals surface area contributed by atoms with E-state index in [-0.39, 0.29) is 5.82 Å². The molecule has 0 spiro atoms. The van der Waals surface area contributed by atoms with Crippen molar-refractivity contribution in [1.29, 1.82) is 0 Å². The van der Waals surface area contributed by atoms with Crippen molar-refractivity contribution in [2.45, 2.75) is 13.0 Å². The van der Waals surface area contributed by atoms with Gasteiger partial charge in [0, 0.05) is 6.07 Å². The Labute approximate surface area is 110 Å². The van der Waals surface area contributed by atoms with Gasteiger partial charge in [0.05, 0.1) is 11.1 Å². The maximum atomic E-state index is 13.0. The van der Waals surface area contributed by atoms with Gasteiger partial charge >= 0.3 is 0 Å². The van der Waals surface area contributed by atoms with Gasteiger partial charge in [0.1, 0.15) is 17.3 Å². The first-order valence-corrected chi connectivity index (χ1v) is 5.85. The molecule has 0 heterocycles. The number of benzene rings is 2. The molecule has 0 saturated carbocycles. The maximum Gasteiger partial charge on any atom is 0.146 e. The average molecular weight is 267 g/mol. The number of aliphatic hydroxyl groups is 1. The number of rotatable bonds is 3. The molecule has 0 bridgehead atoms. The van der Waals surface area contributed by atoms with Gasteiger partial charge in [-0.1, -0.05) is 23.7 Å². The highest BCUT2D eigenvalue weighted by molar-refractivity contribution is 6.32. The smallest absolute Gasteiger partial charge is 0.146 e. The fraction of sp³-hybridized carbons (Fsp3) is 0.143. The van der Waals surface area contributed by atoms with Gasteiger partial charge in [-0.2, -0.15) is 0 Å². The number of ether oxygens (including phenoxy) is 1. The van der Waals surface area contributed by atoms with Crippen molar-refractivity contribution in [1.82, 2.24) is 0 Å². The number of hydrogen-bond acceptors (Lipinski definition) is 2. The van der Waals surface area contributed by atoms with Crippen LogP contribution in [0.1, 0.15) is 18.6 Å². The van der Waals surface area contributed by atoms with Gasteiger partial charge in [0.25, 0.3) is 0 Å². The molecule has 0 aliphatic heterocycles. The van der Waals surface area contributed by atoms with Crippen molar-refractivity contribution in [3.8, 4) is 11.5 Å². The summed E-state index contributed by atoms with van der Waals surface area (Å²) in [4.78, 5) is 0. The standard InChI is InChI=1S/C14H12ClFO2/c1-9(17)10-5-6-14(13(15)7-10)18-12-4-2-3-11(16)8-12/h2-9,17H,1H3. The van der Waals surface area contributed by atoms with E-state index < -0.39 is 6.10 Å². The highest BCUT2D eigenvalue weighted by atomic mass is 35.5. The first kappa shape index (κ1) is 12.9. The predicted octanol–water partition coefficient (Wildman–Crippen LogP) is 4.32. The van der Waals surface area contributed by atoms with Crippen LogP contribution in [0, 0.1) is 5.82 Å². The zero-order valence-electron chi connectivity index (χ0n) is 9.73. The molecule has 0 amide bonds. The Kier molecular flexibility index (Phi) is 3.84. The summed E-state index contributed by atoms with van der Waals surface area (Å²) in [5, 5.41) is 9.79. The minimum absolute atomic E-state index is 0.371. The predicted molar refractivity (Wildman–Crippen MR) is 68.6 cm³/mol. The third-order valence-corrected chi connectivity index (χ3v) is 2.76. The minimum Gasteiger partial charge on any atom is -0.456 e. The van der Waals surface area contributed by atoms with Crippen LogP contribution in [-0.2, 0) is 0 Å². The van der Waals surface area contributed by atoms with Crippen LogP contribution in [0.25, 0.3) is 0 Å². The van der Waals surface area contributed by atoms with E-state index in [1.807, 2.05) is 0 Å². The summed E-state index contributed by atoms with van der Waals surface area (Å²) in [6, 6.07) is 10.8. The quantitative estimate of drug-likeness (QED) is 0.896. The number of halogens is 2. The Morgan fingerprint density at radius 2 is 2.00 bits per heavy atom. The maximum absolute atomic E-state index is 13.0. The Balaban J connectivity index is 2.24. The van der Waals surface area contributed by atoms with E-state index in [4.69, 9.17) is 16.3 Å². The molecule has 0 aliphatic rings. The van der Waals surface area contributed by atoms with Crippen LogP contribution >= 0.6 is 11.6 Å². The fourth-order valence-corrected chi connectivity index (χ4v) is 1.74. The third-order valence-electron chi connectivity index (χ3n) is 2.46. The molecule has 0 aromatic heterocycles. The zero-order chi connectivity index (χ0) is 13.1. The monoisotopic (exact) mass is 266 g/mol. The Morgan fingerprint density at radius 3 is 2.61 bits per heavy atom. The molecule has 0 saturated heterocycles. The molecule has 0 fully saturated rings. The first-order chi connectivity index (χ1) is 8.56. The second kappa shape index (κ2) is 5.38. The lowest BCUT2D eigenvalue weighted by molar-refractivity contribution is 0.199. The van der Waals surface area contributed by atoms with E-state index in [1.165, 1.54) is 12.1 Å². The topological polar surface area (TPSA) is 29.5 Å². The lowest BCUT2D eigenvalue weighted by Gasteiger charge is -2.10. The lowest BCUT2D eigenvalue weighted by Crippen LogP contribution is -1.92. The molecule has 94 valence electrons. The SMILES string of the molecule is CC(O)c1ccc(Oc2cccc(F)c2)c(Cl)c1. The molecule has 0 radical (unpaired) electrons. The number of aliphatic hydroxyl groups excluding tert-OH is 1. The summed E-state index contributed by atoms with van der Waals surface area (Å²) in [7, 11) is 0. The van der Waals surface area contributed by atoms with Gasteiger partial charge < -0.3 is 9.84 Å². The van der Waals surface area contributed by atoms with Crippen LogP contribution in [0.15, 0.2) is 42.5 Å². The van der Waals surface area contributed by atoms with E-state index in [2.05, 4.69) is 0 Å². The Morgan fingerprint density at radius 1 is 1.22 bits per heavy atom. The fourth-order valence-electron chi connectivity index (χ4n) is 1.52. The zero-order valence-corrected chi connectivity index (χ0v) is 10.5. The van der Waals surface area contributed by atoms with E-state index in [1.54, 1.807) is 37.3 Å². The van der Waals surface area contributed by atoms with E-state index >= 15 is 0 Å². The molecule has 2 nitrogen and oxygen atoms in total. The van der Waals surface area contributed by atoms with E-state index in [9.17, 15) is 9.50 Å². The third kappa shape index (κ3) is 3.00. The van der Waals surface area contributed by atoms with Crippen molar-refractivity contribution in [2.24, 2.45) is 0 Å². The summed E-state index contributed by atoms with van der Waals surface area (Å²) in [6.45, 7) is 1.65. The van der Waals surface area contributed by atoms with Crippen LogP contribution in [0.2, 0.25) is 5.02 Å². The van der Waals surface area contributed by atoms with Gasteiger partial charge in [-0.25, -0.2) is 4.39 Å². The largest absolute Gasteiger partial charge is 0.456 e. The number of hydrogen-bond donors (Lipinski definition) is 1. The van der Waals surface area contributed by atoms with Crippen molar-refractivity contribution in [3.05, 3.63) is 58.9 Å². The Bertz CT molecular complexity index is 555. The summed E-state index contributed by atoms with van der Waals surface area (Å²) in [6.07, 6.45) is -0.592. The van der Waals surface area contributed by atoms with Crippen LogP contribution in [0.5, 0.6) is 11.5 Å².